The van der Waals surface area contributed by atoms with Crippen LogP contribution < -0.4 is 5.73 Å². The van der Waals surface area contributed by atoms with Gasteiger partial charge in [-0.2, -0.15) is 4.98 Å². The molecule has 0 radical (unpaired) electrons. The van der Waals surface area contributed by atoms with E-state index in [4.69, 9.17) is 15.0 Å². The van der Waals surface area contributed by atoms with Crippen LogP contribution in [0.4, 0.5) is 0 Å². The van der Waals surface area contributed by atoms with Crippen molar-refractivity contribution in [3.63, 3.8) is 0 Å². The molecule has 5 nitrogen and oxygen atoms in total. The first-order valence-corrected chi connectivity index (χ1v) is 7.37. The Morgan fingerprint density at radius 1 is 1.26 bits per heavy atom. The predicted molar refractivity (Wildman–Crippen MR) is 72.5 cm³/mol. The van der Waals surface area contributed by atoms with Gasteiger partial charge in [-0.1, -0.05) is 19.0 Å². The summed E-state index contributed by atoms with van der Waals surface area (Å²) in [6, 6.07) is 0. The zero-order valence-electron chi connectivity index (χ0n) is 12.2. The zero-order chi connectivity index (χ0) is 13.9. The van der Waals surface area contributed by atoms with E-state index in [2.05, 4.69) is 10.1 Å². The Morgan fingerprint density at radius 2 is 1.89 bits per heavy atom. The molecule has 0 bridgehead atoms. The van der Waals surface area contributed by atoms with Gasteiger partial charge in [0.1, 0.15) is 5.60 Å². The molecule has 2 rings (SSSR count). The minimum Gasteiger partial charge on any atom is -0.367 e. The van der Waals surface area contributed by atoms with E-state index in [9.17, 15) is 0 Å². The molecule has 1 aromatic rings. The summed E-state index contributed by atoms with van der Waals surface area (Å²) in [5.74, 6) is 1.22. The second-order valence-electron chi connectivity index (χ2n) is 5.42. The van der Waals surface area contributed by atoms with E-state index in [-0.39, 0.29) is 5.60 Å². The summed E-state index contributed by atoms with van der Waals surface area (Å²) < 4.78 is 11.4. The van der Waals surface area contributed by atoms with Crippen LogP contribution in [0.15, 0.2) is 4.52 Å². The largest absolute Gasteiger partial charge is 0.367 e. The van der Waals surface area contributed by atoms with Gasteiger partial charge in [0.25, 0.3) is 0 Å². The van der Waals surface area contributed by atoms with Crippen LogP contribution in [0.5, 0.6) is 0 Å². The Balaban J connectivity index is 2.29. The Bertz CT molecular complexity index is 407. The summed E-state index contributed by atoms with van der Waals surface area (Å²) in [6.07, 6.45) is 5.81. The van der Waals surface area contributed by atoms with Crippen LogP contribution in [0.2, 0.25) is 0 Å². The highest BCUT2D eigenvalue weighted by atomic mass is 16.5. The molecule has 0 unspecified atom stereocenters. The molecule has 5 heteroatoms. The van der Waals surface area contributed by atoms with Crippen LogP contribution in [0, 0.1) is 0 Å². The molecular weight excluding hydrogens is 242 g/mol. The highest BCUT2D eigenvalue weighted by molar-refractivity contribution is 5.08. The summed E-state index contributed by atoms with van der Waals surface area (Å²) in [6.45, 7) is 6.76. The topological polar surface area (TPSA) is 74.2 Å². The number of nitrogens with zero attached hydrogens (tertiary/aromatic N) is 2. The fraction of sp³-hybridized carbons (Fsp3) is 0.857. The van der Waals surface area contributed by atoms with Gasteiger partial charge in [-0.15, -0.1) is 0 Å². The first-order valence-electron chi connectivity index (χ1n) is 7.37. The lowest BCUT2D eigenvalue weighted by molar-refractivity contribution is -0.0469. The van der Waals surface area contributed by atoms with Crippen molar-refractivity contribution in [1.29, 1.82) is 0 Å². The third-order valence-corrected chi connectivity index (χ3v) is 4.35. The zero-order valence-corrected chi connectivity index (χ0v) is 12.2. The molecule has 2 N–H and O–H groups in total. The van der Waals surface area contributed by atoms with Crippen molar-refractivity contribution in [2.45, 2.75) is 70.4 Å². The van der Waals surface area contributed by atoms with E-state index in [1.807, 2.05) is 20.8 Å². The van der Waals surface area contributed by atoms with Crippen molar-refractivity contribution in [3.8, 4) is 0 Å². The Morgan fingerprint density at radius 3 is 2.42 bits per heavy atom. The van der Waals surface area contributed by atoms with Gasteiger partial charge in [-0.25, -0.2) is 0 Å². The summed E-state index contributed by atoms with van der Waals surface area (Å²) in [4.78, 5) is 4.57. The molecule has 1 fully saturated rings. The van der Waals surface area contributed by atoms with Crippen molar-refractivity contribution >= 4 is 0 Å². The van der Waals surface area contributed by atoms with Gasteiger partial charge in [-0.05, 0) is 45.4 Å². The van der Waals surface area contributed by atoms with Crippen LogP contribution in [0.1, 0.15) is 71.0 Å². The third kappa shape index (κ3) is 2.54. The SMILES string of the molecule is CCOC1(c2noc(C(N)(CC)CC)n2)CCCC1. The smallest absolute Gasteiger partial charge is 0.246 e. The van der Waals surface area contributed by atoms with Crippen LogP contribution >= 0.6 is 0 Å². The van der Waals surface area contributed by atoms with Crippen LogP contribution in [0.25, 0.3) is 0 Å². The number of aromatic nitrogens is 2. The summed E-state index contributed by atoms with van der Waals surface area (Å²) in [5, 5.41) is 4.16. The lowest BCUT2D eigenvalue weighted by atomic mass is 9.94. The fourth-order valence-electron chi connectivity index (χ4n) is 2.82. The van der Waals surface area contributed by atoms with Gasteiger partial charge in [0, 0.05) is 6.61 Å². The van der Waals surface area contributed by atoms with Gasteiger partial charge in [-0.3, -0.25) is 0 Å². The standard InChI is InChI=1S/C14H25N3O2/c1-4-13(15,5-2)12-16-11(17-19-12)14(18-6-3)9-7-8-10-14/h4-10,15H2,1-3H3. The molecule has 1 aromatic heterocycles. The first-order chi connectivity index (χ1) is 9.10. The van der Waals surface area contributed by atoms with Crippen LogP contribution in [-0.2, 0) is 15.9 Å². The summed E-state index contributed by atoms with van der Waals surface area (Å²) in [5.41, 5.74) is 5.44. The number of ether oxygens (including phenoxy) is 1. The molecule has 0 spiro atoms. The van der Waals surface area contributed by atoms with Crippen molar-refractivity contribution in [2.24, 2.45) is 5.73 Å². The summed E-state index contributed by atoms with van der Waals surface area (Å²) >= 11 is 0. The maximum absolute atomic E-state index is 6.31. The monoisotopic (exact) mass is 267 g/mol. The molecule has 0 aliphatic heterocycles. The average molecular weight is 267 g/mol. The Kier molecular flexibility index (Phi) is 4.26. The first kappa shape index (κ1) is 14.5. The maximum atomic E-state index is 6.31. The van der Waals surface area contributed by atoms with E-state index in [0.717, 1.165) is 38.5 Å². The molecule has 1 heterocycles. The fourth-order valence-corrected chi connectivity index (χ4v) is 2.82. The quantitative estimate of drug-likeness (QED) is 0.857. The molecule has 0 atom stereocenters. The lowest BCUT2D eigenvalue weighted by Gasteiger charge is -2.25. The Labute approximate surface area is 114 Å². The normalized spacial score (nSPS) is 18.9. The molecule has 0 amide bonds. The van der Waals surface area contributed by atoms with Crippen molar-refractivity contribution in [3.05, 3.63) is 11.7 Å². The van der Waals surface area contributed by atoms with Crippen LogP contribution in [0.3, 0.4) is 0 Å². The molecule has 19 heavy (non-hydrogen) atoms. The highest BCUT2D eigenvalue weighted by Gasteiger charge is 2.42. The van der Waals surface area contributed by atoms with Gasteiger partial charge >= 0.3 is 0 Å². The van der Waals surface area contributed by atoms with Crippen molar-refractivity contribution < 1.29 is 9.26 Å². The van der Waals surface area contributed by atoms with Gasteiger partial charge in [0.05, 0.1) is 5.54 Å². The molecular formula is C14H25N3O2. The molecule has 108 valence electrons. The van der Waals surface area contributed by atoms with Gasteiger partial charge < -0.3 is 15.0 Å². The molecule has 0 aromatic carbocycles. The van der Waals surface area contributed by atoms with Gasteiger partial charge in [0.15, 0.2) is 0 Å². The van der Waals surface area contributed by atoms with E-state index in [1.165, 1.54) is 0 Å². The lowest BCUT2D eigenvalue weighted by Crippen LogP contribution is -2.36. The highest BCUT2D eigenvalue weighted by Crippen LogP contribution is 2.41. The van der Waals surface area contributed by atoms with E-state index in [1.54, 1.807) is 0 Å². The second kappa shape index (κ2) is 5.59. The van der Waals surface area contributed by atoms with E-state index < -0.39 is 5.54 Å². The number of hydrogen-bond acceptors (Lipinski definition) is 5. The Hall–Kier alpha value is -0.940. The molecule has 1 saturated carbocycles. The van der Waals surface area contributed by atoms with Crippen LogP contribution in [-0.4, -0.2) is 16.7 Å². The molecule has 1 aliphatic rings. The number of nitrogens with two attached hydrogens (primary N) is 1. The molecule has 0 saturated heterocycles. The minimum absolute atomic E-state index is 0.348. The van der Waals surface area contributed by atoms with E-state index in [0.29, 0.717) is 18.3 Å². The van der Waals surface area contributed by atoms with Gasteiger partial charge in [0.2, 0.25) is 11.7 Å². The third-order valence-electron chi connectivity index (χ3n) is 4.35. The minimum atomic E-state index is -0.517. The average Bonchev–Trinajstić information content (AvgIpc) is 3.07. The number of hydrogen-bond donors (Lipinski definition) is 1. The summed E-state index contributed by atoms with van der Waals surface area (Å²) in [7, 11) is 0. The number of rotatable bonds is 6. The van der Waals surface area contributed by atoms with Crippen molar-refractivity contribution in [2.75, 3.05) is 6.61 Å². The maximum Gasteiger partial charge on any atom is 0.246 e. The second-order valence-corrected chi connectivity index (χ2v) is 5.42. The predicted octanol–water partition coefficient (Wildman–Crippen LogP) is 2.85. The van der Waals surface area contributed by atoms with E-state index >= 15 is 0 Å². The van der Waals surface area contributed by atoms with Crippen molar-refractivity contribution in [1.82, 2.24) is 10.1 Å². The molecule has 1 aliphatic carbocycles.